The van der Waals surface area contributed by atoms with E-state index in [2.05, 4.69) is 16.4 Å². The highest BCUT2D eigenvalue weighted by Gasteiger charge is 2.29. The molecule has 2 aromatic carbocycles. The number of hydrogen-bond acceptors (Lipinski definition) is 3. The molecule has 1 amide bonds. The number of unbranched alkanes of at least 4 members (excludes halogenated alkanes) is 1. The molecule has 2 N–H and O–H groups in total. The topological polar surface area (TPSA) is 60.5 Å². The SMILES string of the molecule is CCN(CCCCn1ccc2c(F)cccc21)C1COc2c(F)ccc(C(N)=O)c2C1. The van der Waals surface area contributed by atoms with Gasteiger partial charge in [-0.1, -0.05) is 13.0 Å². The highest BCUT2D eigenvalue weighted by atomic mass is 19.1. The number of aryl methyl sites for hydroxylation is 1. The van der Waals surface area contributed by atoms with Crippen LogP contribution < -0.4 is 10.5 Å². The van der Waals surface area contributed by atoms with Crippen LogP contribution in [-0.4, -0.2) is 41.1 Å². The normalized spacial score (nSPS) is 15.8. The quantitative estimate of drug-likeness (QED) is 0.550. The molecule has 31 heavy (non-hydrogen) atoms. The summed E-state index contributed by atoms with van der Waals surface area (Å²) in [7, 11) is 0. The van der Waals surface area contributed by atoms with Crippen LogP contribution in [-0.2, 0) is 13.0 Å². The van der Waals surface area contributed by atoms with Crippen LogP contribution in [0.5, 0.6) is 5.75 Å². The van der Waals surface area contributed by atoms with Gasteiger partial charge in [0, 0.05) is 35.3 Å². The van der Waals surface area contributed by atoms with Crippen molar-refractivity contribution in [3.05, 3.63) is 65.4 Å². The Bertz CT molecular complexity index is 1100. The molecule has 5 nitrogen and oxygen atoms in total. The van der Waals surface area contributed by atoms with E-state index < -0.39 is 11.7 Å². The highest BCUT2D eigenvalue weighted by molar-refractivity contribution is 5.95. The second-order valence-corrected chi connectivity index (χ2v) is 7.95. The monoisotopic (exact) mass is 427 g/mol. The summed E-state index contributed by atoms with van der Waals surface area (Å²) in [6, 6.07) is 9.68. The van der Waals surface area contributed by atoms with E-state index in [4.69, 9.17) is 10.5 Å². The lowest BCUT2D eigenvalue weighted by Crippen LogP contribution is -2.44. The van der Waals surface area contributed by atoms with Crippen LogP contribution >= 0.6 is 0 Å². The molecule has 1 atom stereocenters. The van der Waals surface area contributed by atoms with Crippen molar-refractivity contribution in [1.82, 2.24) is 9.47 Å². The maximum atomic E-state index is 14.1. The van der Waals surface area contributed by atoms with E-state index in [1.165, 1.54) is 18.2 Å². The second-order valence-electron chi connectivity index (χ2n) is 7.95. The van der Waals surface area contributed by atoms with Crippen molar-refractivity contribution < 1.29 is 18.3 Å². The number of nitrogens with zero attached hydrogens (tertiary/aromatic N) is 2. The van der Waals surface area contributed by atoms with Crippen molar-refractivity contribution in [3.63, 3.8) is 0 Å². The summed E-state index contributed by atoms with van der Waals surface area (Å²) in [5, 5.41) is 0.646. The molecular formula is C24H27F2N3O2. The van der Waals surface area contributed by atoms with Crippen molar-refractivity contribution in [2.75, 3.05) is 19.7 Å². The van der Waals surface area contributed by atoms with Gasteiger partial charge >= 0.3 is 0 Å². The lowest BCUT2D eigenvalue weighted by atomic mass is 9.95. The Kier molecular flexibility index (Phi) is 6.23. The summed E-state index contributed by atoms with van der Waals surface area (Å²) < 4.78 is 35.8. The van der Waals surface area contributed by atoms with Crippen LogP contribution in [0.3, 0.4) is 0 Å². The van der Waals surface area contributed by atoms with Gasteiger partial charge in [-0.3, -0.25) is 9.69 Å². The van der Waals surface area contributed by atoms with Gasteiger partial charge in [0.05, 0.1) is 5.52 Å². The average molecular weight is 427 g/mol. The molecular weight excluding hydrogens is 400 g/mol. The lowest BCUT2D eigenvalue weighted by molar-refractivity contribution is 0.0987. The van der Waals surface area contributed by atoms with Gasteiger partial charge in [0.15, 0.2) is 11.6 Å². The first-order chi connectivity index (χ1) is 15.0. The van der Waals surface area contributed by atoms with E-state index in [1.807, 2.05) is 18.3 Å². The number of rotatable bonds is 8. The average Bonchev–Trinajstić information content (AvgIpc) is 3.18. The minimum absolute atomic E-state index is 0.0545. The van der Waals surface area contributed by atoms with Crippen LogP contribution in [0.1, 0.15) is 35.7 Å². The number of carbonyl (C=O) groups excluding carboxylic acids is 1. The van der Waals surface area contributed by atoms with Crippen molar-refractivity contribution in [1.29, 1.82) is 0 Å². The molecule has 4 rings (SSSR count). The van der Waals surface area contributed by atoms with Crippen molar-refractivity contribution in [3.8, 4) is 5.75 Å². The molecule has 2 heterocycles. The van der Waals surface area contributed by atoms with Gasteiger partial charge in [0.1, 0.15) is 12.4 Å². The first-order valence-corrected chi connectivity index (χ1v) is 10.7. The van der Waals surface area contributed by atoms with Crippen molar-refractivity contribution in [2.24, 2.45) is 5.73 Å². The molecule has 0 radical (unpaired) electrons. The summed E-state index contributed by atoms with van der Waals surface area (Å²) in [5.41, 5.74) is 7.27. The van der Waals surface area contributed by atoms with E-state index in [1.54, 1.807) is 6.07 Å². The predicted molar refractivity (Wildman–Crippen MR) is 116 cm³/mol. The van der Waals surface area contributed by atoms with Crippen LogP contribution in [0, 0.1) is 11.6 Å². The minimum Gasteiger partial charge on any atom is -0.489 e. The van der Waals surface area contributed by atoms with E-state index >= 15 is 0 Å². The zero-order valence-corrected chi connectivity index (χ0v) is 17.6. The fraction of sp³-hybridized carbons (Fsp3) is 0.375. The maximum absolute atomic E-state index is 14.1. The molecule has 3 aromatic rings. The fourth-order valence-corrected chi connectivity index (χ4v) is 4.47. The van der Waals surface area contributed by atoms with Crippen molar-refractivity contribution in [2.45, 2.75) is 38.8 Å². The Morgan fingerprint density at radius 2 is 2.03 bits per heavy atom. The third kappa shape index (κ3) is 4.28. The zero-order chi connectivity index (χ0) is 22.0. The summed E-state index contributed by atoms with van der Waals surface area (Å²) in [4.78, 5) is 14.1. The van der Waals surface area contributed by atoms with Gasteiger partial charge in [-0.05, 0) is 62.7 Å². The molecule has 7 heteroatoms. The lowest BCUT2D eigenvalue weighted by Gasteiger charge is -2.35. The van der Waals surface area contributed by atoms with Crippen LogP contribution in [0.4, 0.5) is 8.78 Å². The number of fused-ring (bicyclic) bond motifs is 2. The smallest absolute Gasteiger partial charge is 0.249 e. The molecule has 0 saturated heterocycles. The van der Waals surface area contributed by atoms with Gasteiger partial charge in [-0.25, -0.2) is 8.78 Å². The van der Waals surface area contributed by atoms with Gasteiger partial charge in [-0.15, -0.1) is 0 Å². The zero-order valence-electron chi connectivity index (χ0n) is 17.6. The maximum Gasteiger partial charge on any atom is 0.249 e. The number of nitrogens with two attached hydrogens (primary N) is 1. The number of hydrogen-bond donors (Lipinski definition) is 1. The number of primary amides is 1. The summed E-state index contributed by atoms with van der Waals surface area (Å²) in [5.74, 6) is -1.08. The van der Waals surface area contributed by atoms with E-state index in [0.29, 0.717) is 29.5 Å². The summed E-state index contributed by atoms with van der Waals surface area (Å²) in [6.07, 6.45) is 4.36. The Hall–Kier alpha value is -2.93. The largest absolute Gasteiger partial charge is 0.489 e. The highest BCUT2D eigenvalue weighted by Crippen LogP contribution is 2.32. The van der Waals surface area contributed by atoms with Gasteiger partial charge in [-0.2, -0.15) is 0 Å². The number of likely N-dealkylation sites (N-methyl/N-ethyl adjacent to an activating group) is 1. The molecule has 1 aliphatic rings. The van der Waals surface area contributed by atoms with Crippen molar-refractivity contribution >= 4 is 16.8 Å². The molecule has 0 bridgehead atoms. The third-order valence-electron chi connectivity index (χ3n) is 6.12. The minimum atomic E-state index is -0.570. The van der Waals surface area contributed by atoms with Crippen LogP contribution in [0.15, 0.2) is 42.6 Å². The number of ether oxygens (including phenoxy) is 1. The summed E-state index contributed by atoms with van der Waals surface area (Å²) >= 11 is 0. The third-order valence-corrected chi connectivity index (χ3v) is 6.12. The number of amides is 1. The Morgan fingerprint density at radius 3 is 2.81 bits per heavy atom. The Morgan fingerprint density at radius 1 is 1.19 bits per heavy atom. The molecule has 1 aromatic heterocycles. The standard InChI is InChI=1S/C24H27F2N3O2/c1-2-28(11-3-4-12-29-13-10-18-20(25)6-5-7-22(18)29)16-14-19-17(24(27)30)8-9-21(26)23(19)31-15-16/h5-10,13,16H,2-4,11-12,14-15H2,1H3,(H2,27,30). The van der Waals surface area contributed by atoms with Gasteiger partial charge in [0.2, 0.25) is 5.91 Å². The Labute approximate surface area is 180 Å². The van der Waals surface area contributed by atoms with E-state index in [-0.39, 0.29) is 17.6 Å². The molecule has 164 valence electrons. The molecule has 0 saturated carbocycles. The first kappa shape index (κ1) is 21.3. The number of carbonyl (C=O) groups is 1. The van der Waals surface area contributed by atoms with Gasteiger partial charge in [0.25, 0.3) is 0 Å². The second kappa shape index (κ2) is 9.06. The van der Waals surface area contributed by atoms with Crippen LogP contribution in [0.25, 0.3) is 10.9 Å². The molecule has 0 spiro atoms. The Balaban J connectivity index is 1.37. The number of aromatic nitrogens is 1. The molecule has 0 fully saturated rings. The first-order valence-electron chi connectivity index (χ1n) is 10.7. The fourth-order valence-electron chi connectivity index (χ4n) is 4.47. The van der Waals surface area contributed by atoms with E-state index in [0.717, 1.165) is 38.0 Å². The van der Waals surface area contributed by atoms with Crippen LogP contribution in [0.2, 0.25) is 0 Å². The molecule has 0 aliphatic carbocycles. The molecule has 1 aliphatic heterocycles. The number of halogens is 2. The number of benzene rings is 2. The molecule has 1 unspecified atom stereocenters. The van der Waals surface area contributed by atoms with E-state index in [9.17, 15) is 13.6 Å². The van der Waals surface area contributed by atoms with Gasteiger partial charge < -0.3 is 15.0 Å². The summed E-state index contributed by atoms with van der Waals surface area (Å²) in [6.45, 7) is 4.95. The predicted octanol–water partition coefficient (Wildman–Crippen LogP) is 4.12.